The molecule has 4 heteroatoms. The van der Waals surface area contributed by atoms with Crippen LogP contribution in [-0.4, -0.2) is 36.9 Å². The third-order valence-corrected chi connectivity index (χ3v) is 3.49. The molecule has 0 aromatic heterocycles. The fourth-order valence-electron chi connectivity index (χ4n) is 2.90. The van der Waals surface area contributed by atoms with E-state index in [1.54, 1.807) is 7.05 Å². The van der Waals surface area contributed by atoms with Crippen LogP contribution in [0.5, 0.6) is 0 Å². The fourth-order valence-corrected chi connectivity index (χ4v) is 2.90. The molecule has 0 aromatic carbocycles. The number of hydrogen-bond donors (Lipinski definition) is 2. The second kappa shape index (κ2) is 5.83. The molecule has 0 saturated heterocycles. The lowest BCUT2D eigenvalue weighted by atomic mass is 9.71. The van der Waals surface area contributed by atoms with E-state index < -0.39 is 12.0 Å². The molecule has 1 aliphatic rings. The number of carbonyl (C=O) groups is 1. The predicted octanol–water partition coefficient (Wildman–Crippen LogP) is 1.89. The SMILES string of the molecule is CNC(COC1CC(C)CC(C)(C)C1)C(=O)O. The van der Waals surface area contributed by atoms with Crippen molar-refractivity contribution >= 4 is 5.97 Å². The van der Waals surface area contributed by atoms with E-state index in [1.807, 2.05) is 0 Å². The average molecular weight is 243 g/mol. The Morgan fingerprint density at radius 3 is 2.65 bits per heavy atom. The van der Waals surface area contributed by atoms with Gasteiger partial charge < -0.3 is 15.2 Å². The summed E-state index contributed by atoms with van der Waals surface area (Å²) in [6.07, 6.45) is 3.48. The number of ether oxygens (including phenoxy) is 1. The zero-order valence-corrected chi connectivity index (χ0v) is 11.3. The van der Waals surface area contributed by atoms with Gasteiger partial charge in [0.2, 0.25) is 0 Å². The zero-order valence-electron chi connectivity index (χ0n) is 11.3. The summed E-state index contributed by atoms with van der Waals surface area (Å²) in [4.78, 5) is 10.9. The number of aliphatic carboxylic acids is 1. The first-order chi connectivity index (χ1) is 7.84. The normalized spacial score (nSPS) is 29.9. The molecule has 3 atom stereocenters. The van der Waals surface area contributed by atoms with E-state index in [1.165, 1.54) is 6.42 Å². The van der Waals surface area contributed by atoms with Crippen LogP contribution in [0.3, 0.4) is 0 Å². The molecule has 0 amide bonds. The standard InChI is InChI=1S/C13H25NO3/c1-9-5-10(7-13(2,3)6-9)17-8-11(14-4)12(15)16/h9-11,14H,5-8H2,1-4H3,(H,15,16). The third-order valence-electron chi connectivity index (χ3n) is 3.49. The van der Waals surface area contributed by atoms with E-state index in [2.05, 4.69) is 26.1 Å². The van der Waals surface area contributed by atoms with Crippen molar-refractivity contribution in [3.05, 3.63) is 0 Å². The van der Waals surface area contributed by atoms with Crippen molar-refractivity contribution in [1.82, 2.24) is 5.32 Å². The minimum Gasteiger partial charge on any atom is -0.480 e. The Labute approximate surface area is 104 Å². The van der Waals surface area contributed by atoms with Gasteiger partial charge in [-0.05, 0) is 37.6 Å². The molecule has 2 N–H and O–H groups in total. The number of rotatable bonds is 5. The predicted molar refractivity (Wildman–Crippen MR) is 67.0 cm³/mol. The van der Waals surface area contributed by atoms with Crippen molar-refractivity contribution in [1.29, 1.82) is 0 Å². The lowest BCUT2D eigenvalue weighted by molar-refractivity contribution is -0.142. The van der Waals surface area contributed by atoms with Crippen molar-refractivity contribution in [3.8, 4) is 0 Å². The molecule has 1 aliphatic carbocycles. The quantitative estimate of drug-likeness (QED) is 0.774. The van der Waals surface area contributed by atoms with E-state index in [9.17, 15) is 4.79 Å². The van der Waals surface area contributed by atoms with Gasteiger partial charge in [-0.15, -0.1) is 0 Å². The summed E-state index contributed by atoms with van der Waals surface area (Å²) < 4.78 is 5.76. The molecule has 0 bridgehead atoms. The minimum atomic E-state index is -0.851. The van der Waals surface area contributed by atoms with Crippen LogP contribution in [0.2, 0.25) is 0 Å². The molecule has 17 heavy (non-hydrogen) atoms. The maximum Gasteiger partial charge on any atom is 0.323 e. The molecule has 100 valence electrons. The largest absolute Gasteiger partial charge is 0.480 e. The highest BCUT2D eigenvalue weighted by atomic mass is 16.5. The van der Waals surface area contributed by atoms with Gasteiger partial charge in [0, 0.05) is 0 Å². The van der Waals surface area contributed by atoms with Gasteiger partial charge in [-0.3, -0.25) is 4.79 Å². The number of carboxylic acids is 1. The van der Waals surface area contributed by atoms with Crippen LogP contribution in [0.15, 0.2) is 0 Å². The van der Waals surface area contributed by atoms with Crippen LogP contribution in [0.25, 0.3) is 0 Å². The fraction of sp³-hybridized carbons (Fsp3) is 0.923. The van der Waals surface area contributed by atoms with Crippen LogP contribution in [0, 0.1) is 11.3 Å². The topological polar surface area (TPSA) is 58.6 Å². The van der Waals surface area contributed by atoms with Crippen LogP contribution in [0.1, 0.15) is 40.0 Å². The lowest BCUT2D eigenvalue weighted by Crippen LogP contribution is -2.41. The Balaban J connectivity index is 2.43. The van der Waals surface area contributed by atoms with E-state index in [0.29, 0.717) is 11.3 Å². The summed E-state index contributed by atoms with van der Waals surface area (Å²) in [5.74, 6) is -0.197. The van der Waals surface area contributed by atoms with Crippen molar-refractivity contribution in [2.24, 2.45) is 11.3 Å². The molecular weight excluding hydrogens is 218 g/mol. The third kappa shape index (κ3) is 4.64. The van der Waals surface area contributed by atoms with Crippen molar-refractivity contribution < 1.29 is 14.6 Å². The van der Waals surface area contributed by atoms with Crippen LogP contribution < -0.4 is 5.32 Å². The molecule has 0 heterocycles. The van der Waals surface area contributed by atoms with Gasteiger partial charge in [0.05, 0.1) is 12.7 Å². The first-order valence-electron chi connectivity index (χ1n) is 6.36. The first kappa shape index (κ1) is 14.5. The summed E-state index contributed by atoms with van der Waals surface area (Å²) >= 11 is 0. The monoisotopic (exact) mass is 243 g/mol. The van der Waals surface area contributed by atoms with Crippen molar-refractivity contribution in [2.45, 2.75) is 52.2 Å². The summed E-state index contributed by atoms with van der Waals surface area (Å²) in [6.45, 7) is 7.00. The summed E-state index contributed by atoms with van der Waals surface area (Å²) in [5.41, 5.74) is 0.306. The molecule has 0 radical (unpaired) electrons. The second-order valence-corrected chi connectivity index (χ2v) is 6.05. The molecule has 1 fully saturated rings. The highest BCUT2D eigenvalue weighted by molar-refractivity contribution is 5.73. The van der Waals surface area contributed by atoms with Crippen molar-refractivity contribution in [2.75, 3.05) is 13.7 Å². The van der Waals surface area contributed by atoms with Gasteiger partial charge in [0.25, 0.3) is 0 Å². The summed E-state index contributed by atoms with van der Waals surface area (Å²) in [6, 6.07) is -0.602. The Hall–Kier alpha value is -0.610. The van der Waals surface area contributed by atoms with Gasteiger partial charge in [-0.25, -0.2) is 0 Å². The Morgan fingerprint density at radius 1 is 1.53 bits per heavy atom. The number of likely N-dealkylation sites (N-methyl/N-ethyl adjacent to an activating group) is 1. The smallest absolute Gasteiger partial charge is 0.323 e. The van der Waals surface area contributed by atoms with Gasteiger partial charge >= 0.3 is 5.97 Å². The molecule has 1 rings (SSSR count). The van der Waals surface area contributed by atoms with E-state index in [4.69, 9.17) is 9.84 Å². The molecule has 0 aliphatic heterocycles. The second-order valence-electron chi connectivity index (χ2n) is 6.05. The first-order valence-corrected chi connectivity index (χ1v) is 6.36. The molecule has 3 unspecified atom stereocenters. The Morgan fingerprint density at radius 2 is 2.18 bits per heavy atom. The van der Waals surface area contributed by atoms with E-state index in [0.717, 1.165) is 12.8 Å². The molecule has 4 nitrogen and oxygen atoms in total. The molecular formula is C13H25NO3. The van der Waals surface area contributed by atoms with E-state index in [-0.39, 0.29) is 12.7 Å². The summed E-state index contributed by atoms with van der Waals surface area (Å²) in [7, 11) is 1.65. The maximum atomic E-state index is 10.9. The lowest BCUT2D eigenvalue weighted by Gasteiger charge is -2.39. The highest BCUT2D eigenvalue weighted by Crippen LogP contribution is 2.39. The number of carboxylic acid groups (broad SMARTS) is 1. The van der Waals surface area contributed by atoms with Gasteiger partial charge in [-0.2, -0.15) is 0 Å². The maximum absolute atomic E-state index is 10.9. The number of nitrogens with one attached hydrogen (secondary N) is 1. The molecule has 0 spiro atoms. The number of hydrogen-bond acceptors (Lipinski definition) is 3. The minimum absolute atomic E-state index is 0.198. The highest BCUT2D eigenvalue weighted by Gasteiger charge is 2.33. The van der Waals surface area contributed by atoms with Crippen LogP contribution >= 0.6 is 0 Å². The Kier molecular flexibility index (Phi) is 4.95. The van der Waals surface area contributed by atoms with E-state index >= 15 is 0 Å². The van der Waals surface area contributed by atoms with Gasteiger partial charge in [0.15, 0.2) is 0 Å². The van der Waals surface area contributed by atoms with Crippen LogP contribution in [0.4, 0.5) is 0 Å². The molecule has 0 aromatic rings. The van der Waals surface area contributed by atoms with Gasteiger partial charge in [0.1, 0.15) is 6.04 Å². The van der Waals surface area contributed by atoms with Gasteiger partial charge in [-0.1, -0.05) is 20.8 Å². The average Bonchev–Trinajstić information content (AvgIpc) is 2.14. The Bertz CT molecular complexity index is 265. The van der Waals surface area contributed by atoms with Crippen molar-refractivity contribution in [3.63, 3.8) is 0 Å². The van der Waals surface area contributed by atoms with Crippen LogP contribution in [-0.2, 0) is 9.53 Å². The summed E-state index contributed by atoms with van der Waals surface area (Å²) in [5, 5.41) is 11.7. The zero-order chi connectivity index (χ0) is 13.1. The molecule has 1 saturated carbocycles.